The highest BCUT2D eigenvalue weighted by molar-refractivity contribution is 7.87. The first-order valence-corrected chi connectivity index (χ1v) is 9.15. The molecule has 0 aliphatic heterocycles. The van der Waals surface area contributed by atoms with Crippen LogP contribution in [0, 0.1) is 0 Å². The van der Waals surface area contributed by atoms with Crippen LogP contribution < -0.4 is 0 Å². The second-order valence-electron chi connectivity index (χ2n) is 5.72. The monoisotopic (exact) mass is 422 g/mol. The van der Waals surface area contributed by atoms with Gasteiger partial charge < -0.3 is 4.74 Å². The molecule has 0 aliphatic carbocycles. The summed E-state index contributed by atoms with van der Waals surface area (Å²) in [5, 5.41) is -5.93. The molecule has 4 nitrogen and oxygen atoms in total. The van der Waals surface area contributed by atoms with Crippen LogP contribution in [0.3, 0.4) is 0 Å². The molecule has 2 aromatic carbocycles. The van der Waals surface area contributed by atoms with Gasteiger partial charge in [-0.05, 0) is 16.7 Å². The van der Waals surface area contributed by atoms with Crippen LogP contribution in [0.15, 0.2) is 61.2 Å². The van der Waals surface area contributed by atoms with E-state index in [0.717, 1.165) is 0 Å². The Labute approximate surface area is 158 Å². The number of ether oxygens (including phenoxy) is 1. The molecule has 0 heterocycles. The zero-order valence-corrected chi connectivity index (χ0v) is 14.9. The first-order valence-electron chi connectivity index (χ1n) is 7.71. The number of hydrogen-bond acceptors (Lipinski definition) is 3. The summed E-state index contributed by atoms with van der Waals surface area (Å²) in [6.45, 7) is 3.52. The summed E-state index contributed by atoms with van der Waals surface area (Å²) in [5.74, 6) is -5.32. The van der Waals surface area contributed by atoms with Crippen molar-refractivity contribution in [2.45, 2.75) is 23.6 Å². The van der Waals surface area contributed by atoms with Crippen LogP contribution in [-0.2, 0) is 14.9 Å². The maximum atomic E-state index is 14.7. The molecule has 0 radical (unpaired) electrons. The molecule has 2 aromatic rings. The van der Waals surface area contributed by atoms with Crippen molar-refractivity contribution in [2.24, 2.45) is 0 Å². The van der Waals surface area contributed by atoms with E-state index in [4.69, 9.17) is 4.55 Å². The van der Waals surface area contributed by atoms with Crippen molar-refractivity contribution < 1.29 is 39.7 Å². The summed E-state index contributed by atoms with van der Waals surface area (Å²) in [5.41, 5.74) is 0.590. The summed E-state index contributed by atoms with van der Waals surface area (Å²) in [7, 11) is -6.55. The SMILES string of the molecule is C=Cc1ccc(C(OC(F)(C(F)F)C(F)(F)S(=O)(=O)O)c2ccccc2)cc1. The van der Waals surface area contributed by atoms with Gasteiger partial charge in [0, 0.05) is 0 Å². The van der Waals surface area contributed by atoms with Crippen LogP contribution in [0.25, 0.3) is 6.08 Å². The third-order valence-electron chi connectivity index (χ3n) is 3.87. The smallest absolute Gasteiger partial charge is 0.323 e. The second kappa shape index (κ2) is 7.98. The molecule has 2 atom stereocenters. The number of halogens is 5. The Kier molecular flexibility index (Phi) is 6.27. The van der Waals surface area contributed by atoms with Crippen LogP contribution in [0.4, 0.5) is 22.0 Å². The van der Waals surface area contributed by atoms with Gasteiger partial charge >= 0.3 is 27.7 Å². The molecule has 10 heteroatoms. The first kappa shape index (κ1) is 22.0. The number of alkyl halides is 5. The van der Waals surface area contributed by atoms with Crippen molar-refractivity contribution in [1.29, 1.82) is 0 Å². The average molecular weight is 422 g/mol. The van der Waals surface area contributed by atoms with Gasteiger partial charge in [0.25, 0.3) is 0 Å². The summed E-state index contributed by atoms with van der Waals surface area (Å²) >= 11 is 0. The van der Waals surface area contributed by atoms with E-state index in [2.05, 4.69) is 11.3 Å². The molecule has 0 spiro atoms. The third-order valence-corrected chi connectivity index (χ3v) is 4.79. The van der Waals surface area contributed by atoms with Gasteiger partial charge in [0.15, 0.2) is 0 Å². The van der Waals surface area contributed by atoms with E-state index < -0.39 is 33.8 Å². The molecular formula is C18H15F5O4S. The third kappa shape index (κ3) is 4.08. The van der Waals surface area contributed by atoms with Crippen LogP contribution >= 0.6 is 0 Å². The van der Waals surface area contributed by atoms with Gasteiger partial charge in [-0.1, -0.05) is 67.3 Å². The summed E-state index contributed by atoms with van der Waals surface area (Å²) < 4.78 is 104. The first-order chi connectivity index (χ1) is 12.9. The number of rotatable bonds is 8. The molecule has 0 bridgehead atoms. The van der Waals surface area contributed by atoms with E-state index >= 15 is 0 Å². The van der Waals surface area contributed by atoms with Crippen molar-refractivity contribution in [3.63, 3.8) is 0 Å². The molecule has 2 rings (SSSR count). The Bertz CT molecular complexity index is 917. The summed E-state index contributed by atoms with van der Waals surface area (Å²) in [4.78, 5) is 0. The normalized spacial score (nSPS) is 15.8. The van der Waals surface area contributed by atoms with Crippen molar-refractivity contribution in [2.75, 3.05) is 0 Å². The minimum Gasteiger partial charge on any atom is -0.323 e. The van der Waals surface area contributed by atoms with Gasteiger partial charge in [-0.15, -0.1) is 0 Å². The Morgan fingerprint density at radius 3 is 1.89 bits per heavy atom. The quantitative estimate of drug-likeness (QED) is 0.488. The molecule has 1 N–H and O–H groups in total. The van der Waals surface area contributed by atoms with Crippen LogP contribution in [0.2, 0.25) is 0 Å². The van der Waals surface area contributed by atoms with Gasteiger partial charge in [0.05, 0.1) is 0 Å². The second-order valence-corrected chi connectivity index (χ2v) is 7.18. The van der Waals surface area contributed by atoms with Gasteiger partial charge in [0.2, 0.25) is 0 Å². The molecule has 0 aromatic heterocycles. The lowest BCUT2D eigenvalue weighted by molar-refractivity contribution is -0.309. The lowest BCUT2D eigenvalue weighted by Crippen LogP contribution is -2.56. The van der Waals surface area contributed by atoms with Gasteiger partial charge in [-0.2, -0.15) is 21.6 Å². The van der Waals surface area contributed by atoms with Crippen LogP contribution in [-0.4, -0.2) is 30.5 Å². The fraction of sp³-hybridized carbons (Fsp3) is 0.222. The van der Waals surface area contributed by atoms with Gasteiger partial charge in [-0.25, -0.2) is 8.78 Å². The topological polar surface area (TPSA) is 63.6 Å². The van der Waals surface area contributed by atoms with Crippen LogP contribution in [0.1, 0.15) is 22.8 Å². The van der Waals surface area contributed by atoms with Crippen molar-refractivity contribution >= 4 is 16.2 Å². The lowest BCUT2D eigenvalue weighted by atomic mass is 9.99. The molecule has 2 unspecified atom stereocenters. The number of benzene rings is 2. The molecule has 0 fully saturated rings. The zero-order valence-electron chi connectivity index (χ0n) is 14.1. The minimum atomic E-state index is -6.55. The maximum absolute atomic E-state index is 14.7. The van der Waals surface area contributed by atoms with Crippen molar-refractivity contribution in [3.8, 4) is 0 Å². The van der Waals surface area contributed by atoms with E-state index in [-0.39, 0.29) is 11.1 Å². The highest BCUT2D eigenvalue weighted by atomic mass is 32.2. The largest absolute Gasteiger partial charge is 0.432 e. The van der Waals surface area contributed by atoms with Crippen molar-refractivity contribution in [3.05, 3.63) is 77.9 Å². The van der Waals surface area contributed by atoms with E-state index in [0.29, 0.717) is 5.56 Å². The summed E-state index contributed by atoms with van der Waals surface area (Å²) in [6.07, 6.45) is -4.97. The average Bonchev–Trinajstić information content (AvgIpc) is 2.65. The minimum absolute atomic E-state index is 0.00247. The Balaban J connectivity index is 2.60. The van der Waals surface area contributed by atoms with Gasteiger partial charge in [0.1, 0.15) is 6.10 Å². The van der Waals surface area contributed by atoms with E-state index in [1.165, 1.54) is 60.7 Å². The Morgan fingerprint density at radius 2 is 1.46 bits per heavy atom. The molecular weight excluding hydrogens is 407 g/mol. The zero-order chi connectivity index (χ0) is 21.2. The predicted octanol–water partition coefficient (Wildman–Crippen LogP) is 4.85. The molecule has 0 aliphatic rings. The Hall–Kier alpha value is -2.30. The summed E-state index contributed by atoms with van der Waals surface area (Å²) in [6, 6.07) is 12.5. The van der Waals surface area contributed by atoms with Crippen molar-refractivity contribution in [1.82, 2.24) is 0 Å². The van der Waals surface area contributed by atoms with Gasteiger partial charge in [-0.3, -0.25) is 4.55 Å². The molecule has 28 heavy (non-hydrogen) atoms. The van der Waals surface area contributed by atoms with E-state index in [1.807, 2.05) is 0 Å². The highest BCUT2D eigenvalue weighted by Gasteiger charge is 2.71. The Morgan fingerprint density at radius 1 is 0.964 bits per heavy atom. The lowest BCUT2D eigenvalue weighted by Gasteiger charge is -2.34. The molecule has 152 valence electrons. The molecule has 0 saturated carbocycles. The molecule has 0 amide bonds. The number of hydrogen-bond donors (Lipinski definition) is 1. The molecule has 0 saturated heterocycles. The fourth-order valence-electron chi connectivity index (χ4n) is 2.36. The maximum Gasteiger partial charge on any atom is 0.432 e. The highest BCUT2D eigenvalue weighted by Crippen LogP contribution is 2.46. The fourth-order valence-corrected chi connectivity index (χ4v) is 2.85. The standard InChI is InChI=1S/C18H15F5O4S/c1-2-12-8-10-14(11-9-12)15(13-6-4-3-5-7-13)27-17(21,16(19)20)18(22,23)28(24,25)26/h2-11,15-16H,1H2,(H,24,25,26). The van der Waals surface area contributed by atoms with Crippen LogP contribution in [0.5, 0.6) is 0 Å². The predicted molar refractivity (Wildman–Crippen MR) is 92.2 cm³/mol. The van der Waals surface area contributed by atoms with E-state index in [9.17, 15) is 30.4 Å². The van der Waals surface area contributed by atoms with E-state index in [1.54, 1.807) is 0 Å².